The Morgan fingerprint density at radius 3 is 2.83 bits per heavy atom. The third-order valence-electron chi connectivity index (χ3n) is 4.42. The quantitative estimate of drug-likeness (QED) is 0.881. The molecule has 0 unspecified atom stereocenters. The third kappa shape index (κ3) is 3.57. The predicted molar refractivity (Wildman–Crippen MR) is 86.9 cm³/mol. The fraction of sp³-hybridized carbons (Fsp3) is 0.562. The average molecular weight is 338 g/mol. The summed E-state index contributed by atoms with van der Waals surface area (Å²) in [5, 5.41) is 0. The van der Waals surface area contributed by atoms with E-state index >= 15 is 0 Å². The Kier molecular flexibility index (Phi) is 4.70. The lowest BCUT2D eigenvalue weighted by molar-refractivity contribution is -0.117. The molecule has 0 spiro atoms. The van der Waals surface area contributed by atoms with Gasteiger partial charge in [0, 0.05) is 31.8 Å². The molecule has 3 rings (SSSR count). The van der Waals surface area contributed by atoms with Crippen LogP contribution in [0.25, 0.3) is 0 Å². The van der Waals surface area contributed by atoms with Crippen molar-refractivity contribution in [1.82, 2.24) is 4.72 Å². The summed E-state index contributed by atoms with van der Waals surface area (Å²) < 4.78 is 32.9. The Morgan fingerprint density at radius 1 is 1.39 bits per heavy atom. The Balaban J connectivity index is 1.75. The Hall–Kier alpha value is -1.44. The second-order valence-corrected chi connectivity index (χ2v) is 7.92. The Morgan fingerprint density at radius 2 is 2.22 bits per heavy atom. The SMILES string of the molecule is Cc1cc(N2CCCC2=O)ccc1S(=O)(=O)NC[C@@H]1CCOC1. The lowest BCUT2D eigenvalue weighted by Crippen LogP contribution is -2.30. The molecule has 2 aliphatic heterocycles. The summed E-state index contributed by atoms with van der Waals surface area (Å²) in [6.07, 6.45) is 2.30. The molecular weight excluding hydrogens is 316 g/mol. The molecule has 1 aromatic carbocycles. The number of anilines is 1. The minimum atomic E-state index is -3.54. The van der Waals surface area contributed by atoms with Crippen LogP contribution >= 0.6 is 0 Å². The number of carbonyl (C=O) groups is 1. The fourth-order valence-electron chi connectivity index (χ4n) is 3.07. The van der Waals surface area contributed by atoms with Gasteiger partial charge in [0.05, 0.1) is 11.5 Å². The number of aryl methyl sites for hydroxylation is 1. The molecule has 2 saturated heterocycles. The first-order valence-electron chi connectivity index (χ1n) is 7.96. The molecule has 2 fully saturated rings. The number of amides is 1. The van der Waals surface area contributed by atoms with Crippen molar-refractivity contribution in [3.8, 4) is 0 Å². The van der Waals surface area contributed by atoms with Gasteiger partial charge in [0.25, 0.3) is 0 Å². The highest BCUT2D eigenvalue weighted by atomic mass is 32.2. The number of nitrogens with zero attached hydrogens (tertiary/aromatic N) is 1. The van der Waals surface area contributed by atoms with Crippen molar-refractivity contribution in [3.05, 3.63) is 23.8 Å². The minimum absolute atomic E-state index is 0.0966. The maximum atomic E-state index is 12.5. The van der Waals surface area contributed by atoms with Gasteiger partial charge in [-0.3, -0.25) is 4.79 Å². The number of sulfonamides is 1. The van der Waals surface area contributed by atoms with Crippen molar-refractivity contribution in [2.75, 3.05) is 31.2 Å². The number of hydrogen-bond donors (Lipinski definition) is 1. The summed E-state index contributed by atoms with van der Waals surface area (Å²) in [6.45, 7) is 4.16. The summed E-state index contributed by atoms with van der Waals surface area (Å²) in [4.78, 5) is 13.8. The lowest BCUT2D eigenvalue weighted by atomic mass is 10.1. The molecule has 1 N–H and O–H groups in total. The van der Waals surface area contributed by atoms with Gasteiger partial charge in [-0.1, -0.05) is 0 Å². The van der Waals surface area contributed by atoms with Gasteiger partial charge in [-0.05, 0) is 49.4 Å². The molecule has 0 aliphatic carbocycles. The lowest BCUT2D eigenvalue weighted by Gasteiger charge is -2.18. The van der Waals surface area contributed by atoms with E-state index < -0.39 is 10.0 Å². The Bertz CT molecular complexity index is 696. The van der Waals surface area contributed by atoms with Gasteiger partial charge in [0.15, 0.2) is 0 Å². The topological polar surface area (TPSA) is 75.7 Å². The van der Waals surface area contributed by atoms with Crippen molar-refractivity contribution in [3.63, 3.8) is 0 Å². The highest BCUT2D eigenvalue weighted by Gasteiger charge is 2.25. The molecule has 7 heteroatoms. The van der Waals surface area contributed by atoms with Gasteiger partial charge in [-0.2, -0.15) is 0 Å². The van der Waals surface area contributed by atoms with Crippen LogP contribution in [0.15, 0.2) is 23.1 Å². The van der Waals surface area contributed by atoms with Crippen LogP contribution in [0.3, 0.4) is 0 Å². The second kappa shape index (κ2) is 6.59. The van der Waals surface area contributed by atoms with Crippen LogP contribution in [0.2, 0.25) is 0 Å². The number of nitrogens with one attached hydrogen (secondary N) is 1. The predicted octanol–water partition coefficient (Wildman–Crippen LogP) is 1.44. The minimum Gasteiger partial charge on any atom is -0.381 e. The molecular formula is C16H22N2O4S. The number of rotatable bonds is 5. The summed E-state index contributed by atoms with van der Waals surface area (Å²) in [6, 6.07) is 5.07. The molecule has 0 saturated carbocycles. The molecule has 1 amide bonds. The van der Waals surface area contributed by atoms with Crippen molar-refractivity contribution >= 4 is 21.6 Å². The van der Waals surface area contributed by atoms with Gasteiger partial charge in [0.2, 0.25) is 15.9 Å². The molecule has 1 aromatic rings. The first-order valence-corrected chi connectivity index (χ1v) is 9.44. The van der Waals surface area contributed by atoms with Crippen LogP contribution in [-0.4, -0.2) is 40.6 Å². The van der Waals surface area contributed by atoms with Crippen LogP contribution < -0.4 is 9.62 Å². The molecule has 23 heavy (non-hydrogen) atoms. The number of benzene rings is 1. The van der Waals surface area contributed by atoms with Gasteiger partial charge < -0.3 is 9.64 Å². The summed E-state index contributed by atoms with van der Waals surface area (Å²) in [5.41, 5.74) is 1.42. The van der Waals surface area contributed by atoms with Crippen molar-refractivity contribution < 1.29 is 17.9 Å². The molecule has 2 heterocycles. The van der Waals surface area contributed by atoms with Gasteiger partial charge in [-0.25, -0.2) is 13.1 Å². The Labute approximate surface area is 136 Å². The third-order valence-corrected chi connectivity index (χ3v) is 6.00. The summed E-state index contributed by atoms with van der Waals surface area (Å²) >= 11 is 0. The molecule has 0 aromatic heterocycles. The molecule has 0 radical (unpaired) electrons. The van der Waals surface area contributed by atoms with E-state index in [-0.39, 0.29) is 16.7 Å². The van der Waals surface area contributed by atoms with E-state index in [1.54, 1.807) is 30.0 Å². The monoisotopic (exact) mass is 338 g/mol. The van der Waals surface area contributed by atoms with Crippen LogP contribution in [-0.2, 0) is 19.6 Å². The van der Waals surface area contributed by atoms with Crippen LogP contribution in [0.1, 0.15) is 24.8 Å². The second-order valence-electron chi connectivity index (χ2n) is 6.18. The van der Waals surface area contributed by atoms with Crippen molar-refractivity contribution in [2.24, 2.45) is 5.92 Å². The highest BCUT2D eigenvalue weighted by molar-refractivity contribution is 7.89. The average Bonchev–Trinajstić information content (AvgIpc) is 3.16. The van der Waals surface area contributed by atoms with E-state index in [1.165, 1.54) is 0 Å². The standard InChI is InChI=1S/C16H22N2O4S/c1-12-9-14(18-7-2-3-16(18)19)4-5-15(12)23(20,21)17-10-13-6-8-22-11-13/h4-5,9,13,17H,2-3,6-8,10-11H2,1H3/t13-/m0/s1. The van der Waals surface area contributed by atoms with Crippen LogP contribution in [0.5, 0.6) is 0 Å². The van der Waals surface area contributed by atoms with Crippen molar-refractivity contribution in [2.45, 2.75) is 31.1 Å². The van der Waals surface area contributed by atoms with E-state index in [0.717, 1.165) is 18.5 Å². The molecule has 6 nitrogen and oxygen atoms in total. The first kappa shape index (κ1) is 16.4. The normalized spacial score (nSPS) is 22.0. The van der Waals surface area contributed by atoms with E-state index in [9.17, 15) is 13.2 Å². The highest BCUT2D eigenvalue weighted by Crippen LogP contribution is 2.26. The van der Waals surface area contributed by atoms with Crippen molar-refractivity contribution in [1.29, 1.82) is 0 Å². The fourth-order valence-corrected chi connectivity index (χ4v) is 4.41. The van der Waals surface area contributed by atoms with Gasteiger partial charge in [0.1, 0.15) is 0 Å². The zero-order valence-corrected chi connectivity index (χ0v) is 14.1. The van der Waals surface area contributed by atoms with E-state index in [2.05, 4.69) is 4.72 Å². The summed E-state index contributed by atoms with van der Waals surface area (Å²) in [5.74, 6) is 0.339. The smallest absolute Gasteiger partial charge is 0.240 e. The zero-order valence-electron chi connectivity index (χ0n) is 13.2. The largest absolute Gasteiger partial charge is 0.381 e. The molecule has 2 aliphatic rings. The number of carbonyl (C=O) groups excluding carboxylic acids is 1. The molecule has 0 bridgehead atoms. The van der Waals surface area contributed by atoms with E-state index in [1.807, 2.05) is 0 Å². The maximum absolute atomic E-state index is 12.5. The number of ether oxygens (including phenoxy) is 1. The van der Waals surface area contributed by atoms with Crippen LogP contribution in [0.4, 0.5) is 5.69 Å². The van der Waals surface area contributed by atoms with E-state index in [0.29, 0.717) is 38.3 Å². The number of hydrogen-bond acceptors (Lipinski definition) is 4. The van der Waals surface area contributed by atoms with E-state index in [4.69, 9.17) is 4.74 Å². The maximum Gasteiger partial charge on any atom is 0.240 e. The molecule has 126 valence electrons. The van der Waals surface area contributed by atoms with Gasteiger partial charge in [-0.15, -0.1) is 0 Å². The molecule has 1 atom stereocenters. The van der Waals surface area contributed by atoms with Crippen LogP contribution in [0, 0.1) is 12.8 Å². The zero-order chi connectivity index (χ0) is 16.4. The first-order chi connectivity index (χ1) is 11.0. The summed E-state index contributed by atoms with van der Waals surface area (Å²) in [7, 11) is -3.54. The van der Waals surface area contributed by atoms with Gasteiger partial charge >= 0.3 is 0 Å².